The lowest BCUT2D eigenvalue weighted by Crippen LogP contribution is -2.36. The lowest BCUT2D eigenvalue weighted by Gasteiger charge is -2.25. The fourth-order valence-electron chi connectivity index (χ4n) is 1.29. The van der Waals surface area contributed by atoms with E-state index < -0.39 is 0 Å². The third kappa shape index (κ3) is 6.62. The van der Waals surface area contributed by atoms with Gasteiger partial charge in [-0.3, -0.25) is 0 Å². The van der Waals surface area contributed by atoms with Gasteiger partial charge in [0.25, 0.3) is 0 Å². The summed E-state index contributed by atoms with van der Waals surface area (Å²) in [5, 5.41) is 12.4. The highest BCUT2D eigenvalue weighted by Crippen LogP contribution is 2.20. The molecule has 0 saturated carbocycles. The van der Waals surface area contributed by atoms with Crippen LogP contribution in [0, 0.1) is 5.41 Å². The van der Waals surface area contributed by atoms with Crippen molar-refractivity contribution in [2.45, 2.75) is 46.6 Å². The van der Waals surface area contributed by atoms with E-state index in [0.717, 1.165) is 19.4 Å². The summed E-state index contributed by atoms with van der Waals surface area (Å²) in [5.41, 5.74) is 0.300. The monoisotopic (exact) mass is 173 g/mol. The van der Waals surface area contributed by atoms with Crippen molar-refractivity contribution in [2.75, 3.05) is 13.2 Å². The highest BCUT2D eigenvalue weighted by atomic mass is 16.3. The van der Waals surface area contributed by atoms with Crippen molar-refractivity contribution in [1.82, 2.24) is 5.32 Å². The quantitative estimate of drug-likeness (QED) is 0.664. The van der Waals surface area contributed by atoms with Crippen LogP contribution in [0.25, 0.3) is 0 Å². The van der Waals surface area contributed by atoms with Gasteiger partial charge in [-0.15, -0.1) is 0 Å². The maximum absolute atomic E-state index is 9.05. The molecule has 0 aromatic heterocycles. The summed E-state index contributed by atoms with van der Waals surface area (Å²) in [6.07, 6.45) is 2.16. The van der Waals surface area contributed by atoms with Gasteiger partial charge in [-0.1, -0.05) is 27.7 Å². The maximum atomic E-state index is 9.05. The summed E-state index contributed by atoms with van der Waals surface area (Å²) < 4.78 is 0. The molecule has 0 aromatic carbocycles. The van der Waals surface area contributed by atoms with E-state index in [1.165, 1.54) is 0 Å². The van der Waals surface area contributed by atoms with E-state index in [1.54, 1.807) is 0 Å². The molecule has 0 radical (unpaired) electrons. The topological polar surface area (TPSA) is 32.3 Å². The SMILES string of the molecule is CCCNC(CO)CC(C)(C)C. The molecule has 0 rings (SSSR count). The second-order valence-electron chi connectivity index (χ2n) is 4.60. The van der Waals surface area contributed by atoms with Gasteiger partial charge >= 0.3 is 0 Å². The third-order valence-electron chi connectivity index (χ3n) is 1.76. The van der Waals surface area contributed by atoms with Crippen LogP contribution in [-0.2, 0) is 0 Å². The largest absolute Gasteiger partial charge is 0.395 e. The minimum absolute atomic E-state index is 0.247. The molecule has 0 aliphatic heterocycles. The van der Waals surface area contributed by atoms with Gasteiger partial charge in [-0.05, 0) is 24.8 Å². The number of hydrogen-bond donors (Lipinski definition) is 2. The summed E-state index contributed by atoms with van der Waals surface area (Å²) in [6.45, 7) is 9.98. The highest BCUT2D eigenvalue weighted by Gasteiger charge is 2.16. The fraction of sp³-hybridized carbons (Fsp3) is 1.00. The van der Waals surface area contributed by atoms with Crippen LogP contribution in [0.1, 0.15) is 40.5 Å². The average Bonchev–Trinajstić information content (AvgIpc) is 1.95. The summed E-state index contributed by atoms with van der Waals surface area (Å²) in [7, 11) is 0. The van der Waals surface area contributed by atoms with E-state index in [9.17, 15) is 0 Å². The van der Waals surface area contributed by atoms with E-state index in [1.807, 2.05) is 0 Å². The average molecular weight is 173 g/mol. The van der Waals surface area contributed by atoms with Crippen molar-refractivity contribution in [2.24, 2.45) is 5.41 Å². The molecule has 0 aliphatic rings. The molecule has 2 nitrogen and oxygen atoms in total. The minimum atomic E-state index is 0.247. The molecule has 0 aromatic rings. The predicted octanol–water partition coefficient (Wildman–Crippen LogP) is 1.78. The van der Waals surface area contributed by atoms with Gasteiger partial charge in [0.1, 0.15) is 0 Å². The van der Waals surface area contributed by atoms with Crippen molar-refractivity contribution < 1.29 is 5.11 Å². The van der Waals surface area contributed by atoms with Crippen LogP contribution >= 0.6 is 0 Å². The van der Waals surface area contributed by atoms with Crippen LogP contribution in [0.2, 0.25) is 0 Å². The molecule has 0 fully saturated rings. The third-order valence-corrected chi connectivity index (χ3v) is 1.76. The van der Waals surface area contributed by atoms with Crippen LogP contribution < -0.4 is 5.32 Å². The molecule has 12 heavy (non-hydrogen) atoms. The molecule has 1 atom stereocenters. The van der Waals surface area contributed by atoms with E-state index in [-0.39, 0.29) is 12.6 Å². The van der Waals surface area contributed by atoms with E-state index in [4.69, 9.17) is 5.11 Å². The Balaban J connectivity index is 3.67. The maximum Gasteiger partial charge on any atom is 0.0584 e. The Morgan fingerprint density at radius 1 is 1.33 bits per heavy atom. The first-order chi connectivity index (χ1) is 5.49. The second kappa shape index (κ2) is 5.55. The van der Waals surface area contributed by atoms with Crippen LogP contribution in [0.3, 0.4) is 0 Å². The van der Waals surface area contributed by atoms with E-state index >= 15 is 0 Å². The van der Waals surface area contributed by atoms with Gasteiger partial charge in [-0.25, -0.2) is 0 Å². The zero-order chi connectivity index (χ0) is 9.61. The summed E-state index contributed by atoms with van der Waals surface area (Å²) in [5.74, 6) is 0. The Morgan fingerprint density at radius 3 is 2.25 bits per heavy atom. The number of aliphatic hydroxyl groups excluding tert-OH is 1. The van der Waals surface area contributed by atoms with Crippen LogP contribution in [0.5, 0.6) is 0 Å². The molecule has 1 unspecified atom stereocenters. The fourth-order valence-corrected chi connectivity index (χ4v) is 1.29. The molecule has 0 spiro atoms. The summed E-state index contributed by atoms with van der Waals surface area (Å²) in [4.78, 5) is 0. The number of aliphatic hydroxyl groups is 1. The zero-order valence-corrected chi connectivity index (χ0v) is 8.85. The first-order valence-electron chi connectivity index (χ1n) is 4.84. The van der Waals surface area contributed by atoms with Gasteiger partial charge in [0.05, 0.1) is 6.61 Å². The lowest BCUT2D eigenvalue weighted by atomic mass is 9.88. The van der Waals surface area contributed by atoms with Gasteiger partial charge in [0.15, 0.2) is 0 Å². The molecule has 0 bridgehead atoms. The van der Waals surface area contributed by atoms with Crippen molar-refractivity contribution in [3.8, 4) is 0 Å². The van der Waals surface area contributed by atoms with Crippen molar-refractivity contribution in [1.29, 1.82) is 0 Å². The van der Waals surface area contributed by atoms with Gasteiger partial charge < -0.3 is 10.4 Å². The molecule has 2 N–H and O–H groups in total. The Kier molecular flexibility index (Phi) is 5.51. The van der Waals surface area contributed by atoms with Gasteiger partial charge in [-0.2, -0.15) is 0 Å². The molecule has 0 saturated heterocycles. The standard InChI is InChI=1S/C10H23NO/c1-5-6-11-9(8-12)7-10(2,3)4/h9,11-12H,5-8H2,1-4H3. The first kappa shape index (κ1) is 11.9. The molecule has 0 aliphatic carbocycles. The van der Waals surface area contributed by atoms with Crippen LogP contribution in [-0.4, -0.2) is 24.3 Å². The van der Waals surface area contributed by atoms with E-state index in [0.29, 0.717) is 5.41 Å². The molecule has 74 valence electrons. The molecular weight excluding hydrogens is 150 g/mol. The number of nitrogens with one attached hydrogen (secondary N) is 1. The Bertz CT molecular complexity index is 107. The Morgan fingerprint density at radius 2 is 1.92 bits per heavy atom. The molecule has 2 heteroatoms. The van der Waals surface area contributed by atoms with Gasteiger partial charge in [0.2, 0.25) is 0 Å². The van der Waals surface area contributed by atoms with Crippen molar-refractivity contribution in [3.05, 3.63) is 0 Å². The van der Waals surface area contributed by atoms with Crippen molar-refractivity contribution >= 4 is 0 Å². The normalized spacial score (nSPS) is 14.8. The number of rotatable bonds is 5. The lowest BCUT2D eigenvalue weighted by molar-refractivity contribution is 0.199. The summed E-state index contributed by atoms with van der Waals surface area (Å²) >= 11 is 0. The van der Waals surface area contributed by atoms with Crippen LogP contribution in [0.4, 0.5) is 0 Å². The molecule has 0 amide bonds. The highest BCUT2D eigenvalue weighted by molar-refractivity contribution is 4.73. The molecular formula is C10H23NO. The minimum Gasteiger partial charge on any atom is -0.395 e. The van der Waals surface area contributed by atoms with Gasteiger partial charge in [0, 0.05) is 6.04 Å². The number of hydrogen-bond acceptors (Lipinski definition) is 2. The Labute approximate surface area is 76.4 Å². The second-order valence-corrected chi connectivity index (χ2v) is 4.60. The van der Waals surface area contributed by atoms with E-state index in [2.05, 4.69) is 33.0 Å². The summed E-state index contributed by atoms with van der Waals surface area (Å²) in [6, 6.07) is 0.268. The zero-order valence-electron chi connectivity index (χ0n) is 8.85. The first-order valence-corrected chi connectivity index (χ1v) is 4.84. The van der Waals surface area contributed by atoms with Crippen LogP contribution in [0.15, 0.2) is 0 Å². The molecule has 0 heterocycles. The smallest absolute Gasteiger partial charge is 0.0584 e. The van der Waals surface area contributed by atoms with Crippen molar-refractivity contribution in [3.63, 3.8) is 0 Å². The Hall–Kier alpha value is -0.0800. The predicted molar refractivity (Wildman–Crippen MR) is 53.2 cm³/mol.